The summed E-state index contributed by atoms with van der Waals surface area (Å²) < 4.78 is 11.9. The monoisotopic (exact) mass is 261 g/mol. The predicted octanol–water partition coefficient (Wildman–Crippen LogP) is 3.32. The maximum Gasteiger partial charge on any atom is 0.251 e. The van der Waals surface area contributed by atoms with Gasteiger partial charge in [-0.15, -0.1) is 0 Å². The molecule has 0 radical (unpaired) electrons. The van der Waals surface area contributed by atoms with E-state index in [-0.39, 0.29) is 11.8 Å². The highest BCUT2D eigenvalue weighted by Gasteiger charge is 2.44. The largest absolute Gasteiger partial charge is 0.448 e. The van der Waals surface area contributed by atoms with Crippen molar-refractivity contribution in [2.45, 2.75) is 45.3 Å². The van der Waals surface area contributed by atoms with Gasteiger partial charge >= 0.3 is 0 Å². The molecule has 102 valence electrons. The van der Waals surface area contributed by atoms with Gasteiger partial charge in [-0.25, -0.2) is 0 Å². The zero-order valence-corrected chi connectivity index (χ0v) is 11.4. The SMILES string of the molecule is CC(C)C(=O)Nc1ccc2c(c1)OC1(CCCC1)O2. The van der Waals surface area contributed by atoms with E-state index in [2.05, 4.69) is 5.32 Å². The lowest BCUT2D eigenvalue weighted by atomic mass is 10.2. The fourth-order valence-corrected chi connectivity index (χ4v) is 2.58. The van der Waals surface area contributed by atoms with Crippen molar-refractivity contribution < 1.29 is 14.3 Å². The maximum atomic E-state index is 11.7. The lowest BCUT2D eigenvalue weighted by molar-refractivity contribution is -0.118. The molecule has 1 N–H and O–H groups in total. The lowest BCUT2D eigenvalue weighted by Crippen LogP contribution is -2.34. The van der Waals surface area contributed by atoms with E-state index < -0.39 is 5.79 Å². The number of benzene rings is 1. The first-order chi connectivity index (χ1) is 9.08. The van der Waals surface area contributed by atoms with Crippen LogP contribution in [0.3, 0.4) is 0 Å². The Kier molecular flexibility index (Phi) is 2.88. The average Bonchev–Trinajstić information content (AvgIpc) is 2.95. The van der Waals surface area contributed by atoms with Crippen LogP contribution in [-0.2, 0) is 4.79 Å². The summed E-state index contributed by atoms with van der Waals surface area (Å²) in [5.41, 5.74) is 0.760. The van der Waals surface area contributed by atoms with E-state index in [0.29, 0.717) is 0 Å². The number of amides is 1. The Morgan fingerprint density at radius 2 is 1.89 bits per heavy atom. The molecule has 1 fully saturated rings. The van der Waals surface area contributed by atoms with Crippen molar-refractivity contribution >= 4 is 11.6 Å². The van der Waals surface area contributed by atoms with E-state index in [1.165, 1.54) is 0 Å². The van der Waals surface area contributed by atoms with E-state index >= 15 is 0 Å². The van der Waals surface area contributed by atoms with Crippen molar-refractivity contribution in [2.75, 3.05) is 5.32 Å². The number of carbonyl (C=O) groups is 1. The van der Waals surface area contributed by atoms with Gasteiger partial charge in [0, 0.05) is 30.5 Å². The Morgan fingerprint density at radius 1 is 1.21 bits per heavy atom. The molecule has 2 aliphatic rings. The minimum absolute atomic E-state index is 0.00875. The topological polar surface area (TPSA) is 47.6 Å². The van der Waals surface area contributed by atoms with E-state index in [0.717, 1.165) is 42.9 Å². The highest BCUT2D eigenvalue weighted by atomic mass is 16.7. The van der Waals surface area contributed by atoms with Crippen molar-refractivity contribution in [3.63, 3.8) is 0 Å². The molecule has 0 saturated heterocycles. The number of nitrogens with one attached hydrogen (secondary N) is 1. The highest BCUT2D eigenvalue weighted by Crippen LogP contribution is 2.47. The molecule has 1 amide bonds. The van der Waals surface area contributed by atoms with Gasteiger partial charge < -0.3 is 14.8 Å². The van der Waals surface area contributed by atoms with E-state index in [9.17, 15) is 4.79 Å². The second kappa shape index (κ2) is 4.44. The van der Waals surface area contributed by atoms with Gasteiger partial charge in [-0.2, -0.15) is 0 Å². The van der Waals surface area contributed by atoms with E-state index in [1.807, 2.05) is 32.0 Å². The van der Waals surface area contributed by atoms with Crippen molar-refractivity contribution in [2.24, 2.45) is 5.92 Å². The molecular formula is C15H19NO3. The zero-order chi connectivity index (χ0) is 13.5. The van der Waals surface area contributed by atoms with Gasteiger partial charge in [-0.3, -0.25) is 4.79 Å². The molecule has 0 bridgehead atoms. The van der Waals surface area contributed by atoms with Crippen LogP contribution in [0.15, 0.2) is 18.2 Å². The second-order valence-corrected chi connectivity index (χ2v) is 5.63. The van der Waals surface area contributed by atoms with Gasteiger partial charge in [-0.1, -0.05) is 13.8 Å². The van der Waals surface area contributed by atoms with Gasteiger partial charge in [0.15, 0.2) is 11.5 Å². The molecule has 1 aromatic rings. The summed E-state index contributed by atoms with van der Waals surface area (Å²) in [5, 5.41) is 2.88. The van der Waals surface area contributed by atoms with Crippen LogP contribution in [0.25, 0.3) is 0 Å². The fourth-order valence-electron chi connectivity index (χ4n) is 2.58. The Bertz CT molecular complexity index is 504. The molecule has 1 saturated carbocycles. The number of anilines is 1. The normalized spacial score (nSPS) is 19.1. The standard InChI is InChI=1S/C15H19NO3/c1-10(2)14(17)16-11-5-6-12-13(9-11)19-15(18-12)7-3-4-8-15/h5-6,9-10H,3-4,7-8H2,1-2H3,(H,16,17). The number of rotatable bonds is 2. The molecule has 1 spiro atoms. The summed E-state index contributed by atoms with van der Waals surface area (Å²) in [6.07, 6.45) is 4.17. The highest BCUT2D eigenvalue weighted by molar-refractivity contribution is 5.92. The Morgan fingerprint density at radius 3 is 2.58 bits per heavy atom. The number of carbonyl (C=O) groups excluding carboxylic acids is 1. The molecule has 19 heavy (non-hydrogen) atoms. The van der Waals surface area contributed by atoms with Crippen LogP contribution in [0.5, 0.6) is 11.5 Å². The van der Waals surface area contributed by atoms with Crippen molar-refractivity contribution in [1.82, 2.24) is 0 Å². The zero-order valence-electron chi connectivity index (χ0n) is 11.4. The maximum absolute atomic E-state index is 11.7. The van der Waals surface area contributed by atoms with E-state index in [1.54, 1.807) is 0 Å². The van der Waals surface area contributed by atoms with Gasteiger partial charge in [0.1, 0.15) is 0 Å². The number of ether oxygens (including phenoxy) is 2. The summed E-state index contributed by atoms with van der Waals surface area (Å²) in [6.45, 7) is 3.74. The first kappa shape index (κ1) is 12.3. The molecule has 3 rings (SSSR count). The minimum Gasteiger partial charge on any atom is -0.448 e. The van der Waals surface area contributed by atoms with Crippen molar-refractivity contribution in [3.05, 3.63) is 18.2 Å². The van der Waals surface area contributed by atoms with Crippen LogP contribution in [-0.4, -0.2) is 11.7 Å². The number of hydrogen-bond donors (Lipinski definition) is 1. The summed E-state index contributed by atoms with van der Waals surface area (Å²) in [6, 6.07) is 5.58. The molecule has 0 aromatic heterocycles. The molecule has 1 aliphatic carbocycles. The molecular weight excluding hydrogens is 242 g/mol. The molecule has 1 aliphatic heterocycles. The third-order valence-corrected chi connectivity index (χ3v) is 3.69. The summed E-state index contributed by atoms with van der Waals surface area (Å²) in [5.74, 6) is 1.05. The predicted molar refractivity (Wildman–Crippen MR) is 72.4 cm³/mol. The van der Waals surface area contributed by atoms with Gasteiger partial charge in [-0.05, 0) is 25.0 Å². The van der Waals surface area contributed by atoms with Crippen LogP contribution in [0.2, 0.25) is 0 Å². The Hall–Kier alpha value is -1.71. The summed E-state index contributed by atoms with van der Waals surface area (Å²) in [4.78, 5) is 11.7. The first-order valence-electron chi connectivity index (χ1n) is 6.91. The Labute approximate surface area is 113 Å². The second-order valence-electron chi connectivity index (χ2n) is 5.63. The molecule has 4 nitrogen and oxygen atoms in total. The van der Waals surface area contributed by atoms with Gasteiger partial charge in [0.05, 0.1) is 0 Å². The van der Waals surface area contributed by atoms with Crippen LogP contribution in [0.4, 0.5) is 5.69 Å². The number of fused-ring (bicyclic) bond motifs is 1. The van der Waals surface area contributed by atoms with Crippen LogP contribution in [0.1, 0.15) is 39.5 Å². The minimum atomic E-state index is -0.441. The molecule has 4 heteroatoms. The molecule has 0 unspecified atom stereocenters. The van der Waals surface area contributed by atoms with Crippen LogP contribution >= 0.6 is 0 Å². The average molecular weight is 261 g/mol. The Balaban J connectivity index is 1.77. The third kappa shape index (κ3) is 2.27. The molecule has 1 heterocycles. The first-order valence-corrected chi connectivity index (χ1v) is 6.91. The van der Waals surface area contributed by atoms with Crippen LogP contribution in [0, 0.1) is 5.92 Å². The van der Waals surface area contributed by atoms with Crippen LogP contribution < -0.4 is 14.8 Å². The third-order valence-electron chi connectivity index (χ3n) is 3.69. The smallest absolute Gasteiger partial charge is 0.251 e. The van der Waals surface area contributed by atoms with Crippen molar-refractivity contribution in [3.8, 4) is 11.5 Å². The van der Waals surface area contributed by atoms with Gasteiger partial charge in [0.25, 0.3) is 5.79 Å². The van der Waals surface area contributed by atoms with Gasteiger partial charge in [0.2, 0.25) is 5.91 Å². The van der Waals surface area contributed by atoms with E-state index in [4.69, 9.17) is 9.47 Å². The molecule has 1 aromatic carbocycles. The number of hydrogen-bond acceptors (Lipinski definition) is 3. The molecule has 0 atom stereocenters. The summed E-state index contributed by atoms with van der Waals surface area (Å²) in [7, 11) is 0. The summed E-state index contributed by atoms with van der Waals surface area (Å²) >= 11 is 0. The van der Waals surface area contributed by atoms with Crippen molar-refractivity contribution in [1.29, 1.82) is 0 Å². The lowest BCUT2D eigenvalue weighted by Gasteiger charge is -2.21. The quantitative estimate of drug-likeness (QED) is 0.888. The fraction of sp³-hybridized carbons (Fsp3) is 0.533.